The van der Waals surface area contributed by atoms with Gasteiger partial charge in [-0.2, -0.15) is 0 Å². The third kappa shape index (κ3) is 7.07. The first-order valence-electron chi connectivity index (χ1n) is 8.13. The topological polar surface area (TPSA) is 56.9 Å². The lowest BCUT2D eigenvalue weighted by molar-refractivity contribution is 0.168. The highest BCUT2D eigenvalue weighted by Gasteiger charge is 2.21. The van der Waals surface area contributed by atoms with Crippen molar-refractivity contribution in [2.24, 2.45) is 10.4 Å². The zero-order valence-electron chi connectivity index (χ0n) is 14.7. The lowest BCUT2D eigenvalue weighted by atomic mass is 9.97. The molecule has 1 aromatic rings. The van der Waals surface area contributed by atoms with E-state index in [0.717, 1.165) is 57.5 Å². The fourth-order valence-corrected chi connectivity index (χ4v) is 2.40. The highest BCUT2D eigenvalue weighted by Crippen LogP contribution is 2.13. The van der Waals surface area contributed by atoms with Crippen LogP contribution in [-0.2, 0) is 6.54 Å². The van der Waals surface area contributed by atoms with Crippen LogP contribution in [0.25, 0.3) is 0 Å². The molecule has 1 aliphatic rings. The second kappa shape index (κ2) is 9.46. The van der Waals surface area contributed by atoms with E-state index in [4.69, 9.17) is 9.52 Å². The van der Waals surface area contributed by atoms with Gasteiger partial charge in [0, 0.05) is 51.9 Å². The fraction of sp³-hybridized carbons (Fsp3) is 0.750. The van der Waals surface area contributed by atoms with Gasteiger partial charge < -0.3 is 14.7 Å². The molecule has 0 bridgehead atoms. The van der Waals surface area contributed by atoms with Crippen LogP contribution in [0.15, 0.2) is 21.8 Å². The second-order valence-corrected chi connectivity index (χ2v) is 6.98. The van der Waals surface area contributed by atoms with Crippen molar-refractivity contribution in [2.45, 2.75) is 34.2 Å². The molecular formula is C16H30IN5O. The molecule has 6 nitrogen and oxygen atoms in total. The van der Waals surface area contributed by atoms with Crippen LogP contribution < -0.4 is 5.32 Å². The molecule has 2 rings (SSSR count). The molecule has 0 radical (unpaired) electrons. The Balaban J connectivity index is 0.00000264. The van der Waals surface area contributed by atoms with Crippen molar-refractivity contribution in [1.82, 2.24) is 20.3 Å². The summed E-state index contributed by atoms with van der Waals surface area (Å²) in [6, 6.07) is 1.93. The Morgan fingerprint density at radius 2 is 2.00 bits per heavy atom. The number of aromatic nitrogens is 1. The molecular weight excluding hydrogens is 405 g/mol. The minimum absolute atomic E-state index is 0. The van der Waals surface area contributed by atoms with E-state index in [-0.39, 0.29) is 29.4 Å². The van der Waals surface area contributed by atoms with Crippen LogP contribution in [0.4, 0.5) is 0 Å². The Morgan fingerprint density at radius 1 is 1.30 bits per heavy atom. The van der Waals surface area contributed by atoms with E-state index < -0.39 is 0 Å². The monoisotopic (exact) mass is 435 g/mol. The second-order valence-electron chi connectivity index (χ2n) is 6.98. The Bertz CT molecular complexity index is 461. The van der Waals surface area contributed by atoms with Crippen LogP contribution in [-0.4, -0.2) is 60.2 Å². The van der Waals surface area contributed by atoms with Crippen molar-refractivity contribution in [3.8, 4) is 0 Å². The summed E-state index contributed by atoms with van der Waals surface area (Å²) in [7, 11) is 0. The molecule has 0 unspecified atom stereocenters. The number of hydrogen-bond donors (Lipinski definition) is 1. The van der Waals surface area contributed by atoms with Crippen LogP contribution in [0, 0.1) is 5.41 Å². The molecule has 0 spiro atoms. The highest BCUT2D eigenvalue weighted by molar-refractivity contribution is 14.0. The molecule has 132 valence electrons. The Morgan fingerprint density at radius 3 is 2.52 bits per heavy atom. The first-order chi connectivity index (χ1) is 10.5. The van der Waals surface area contributed by atoms with Gasteiger partial charge in [-0.05, 0) is 12.3 Å². The zero-order chi connectivity index (χ0) is 16.0. The van der Waals surface area contributed by atoms with Crippen molar-refractivity contribution in [1.29, 1.82) is 0 Å². The summed E-state index contributed by atoms with van der Waals surface area (Å²) in [5.74, 6) is 1.04. The molecule has 7 heteroatoms. The Labute approximate surface area is 156 Å². The van der Waals surface area contributed by atoms with Gasteiger partial charge in [0.05, 0.1) is 5.69 Å². The van der Waals surface area contributed by atoms with Crippen LogP contribution in [0.5, 0.6) is 0 Å². The molecule has 0 amide bonds. The fourth-order valence-electron chi connectivity index (χ4n) is 2.40. The summed E-state index contributed by atoms with van der Waals surface area (Å²) >= 11 is 0. The number of nitrogens with zero attached hydrogens (tertiary/aromatic N) is 4. The van der Waals surface area contributed by atoms with E-state index in [1.54, 1.807) is 6.26 Å². The first-order valence-corrected chi connectivity index (χ1v) is 8.13. The van der Waals surface area contributed by atoms with Crippen molar-refractivity contribution in [3.63, 3.8) is 0 Å². The molecule has 1 saturated heterocycles. The van der Waals surface area contributed by atoms with Gasteiger partial charge >= 0.3 is 0 Å². The minimum Gasteiger partial charge on any atom is -0.364 e. The van der Waals surface area contributed by atoms with E-state index in [0.29, 0.717) is 0 Å². The Hall–Kier alpha value is -0.830. The maximum Gasteiger partial charge on any atom is 0.194 e. The minimum atomic E-state index is 0. The smallest absolute Gasteiger partial charge is 0.194 e. The van der Waals surface area contributed by atoms with Gasteiger partial charge in [-0.15, -0.1) is 24.0 Å². The Kier molecular flexibility index (Phi) is 8.32. The number of nitrogens with one attached hydrogen (secondary N) is 1. The van der Waals surface area contributed by atoms with E-state index in [9.17, 15) is 0 Å². The molecule has 1 aliphatic heterocycles. The van der Waals surface area contributed by atoms with Gasteiger partial charge in [0.1, 0.15) is 6.26 Å². The van der Waals surface area contributed by atoms with Crippen molar-refractivity contribution in [2.75, 3.05) is 39.3 Å². The molecule has 1 N–H and O–H groups in total. The summed E-state index contributed by atoms with van der Waals surface area (Å²) in [5.41, 5.74) is 1.22. The standard InChI is InChI=1S/C16H29N5O.HI/c1-5-17-15(18-13-16(2,3)4)21-9-7-20(8-10-21)12-14-6-11-22-19-14;/h6,11H,5,7-10,12-13H2,1-4H3,(H,17,18);1H. The average Bonchev–Trinajstić information content (AvgIpc) is 2.96. The third-order valence-electron chi connectivity index (χ3n) is 3.59. The molecule has 0 saturated carbocycles. The molecule has 23 heavy (non-hydrogen) atoms. The number of rotatable bonds is 4. The van der Waals surface area contributed by atoms with Gasteiger partial charge in [0.2, 0.25) is 0 Å². The average molecular weight is 435 g/mol. The van der Waals surface area contributed by atoms with Crippen molar-refractivity contribution >= 4 is 29.9 Å². The number of guanidine groups is 1. The van der Waals surface area contributed by atoms with E-state index in [2.05, 4.69) is 48.0 Å². The van der Waals surface area contributed by atoms with Gasteiger partial charge in [0.15, 0.2) is 5.96 Å². The highest BCUT2D eigenvalue weighted by atomic mass is 127. The summed E-state index contributed by atoms with van der Waals surface area (Å²) in [4.78, 5) is 9.55. The lowest BCUT2D eigenvalue weighted by Gasteiger charge is -2.36. The van der Waals surface area contributed by atoms with Crippen LogP contribution in [0.3, 0.4) is 0 Å². The molecule has 1 aromatic heterocycles. The van der Waals surface area contributed by atoms with E-state index in [1.165, 1.54) is 0 Å². The van der Waals surface area contributed by atoms with Gasteiger partial charge in [-0.25, -0.2) is 0 Å². The molecule has 0 atom stereocenters. The summed E-state index contributed by atoms with van der Waals surface area (Å²) in [6.45, 7) is 15.4. The number of aliphatic imine (C=N–C) groups is 1. The predicted octanol–water partition coefficient (Wildman–Crippen LogP) is 2.42. The zero-order valence-corrected chi connectivity index (χ0v) is 17.0. The third-order valence-corrected chi connectivity index (χ3v) is 3.59. The maximum absolute atomic E-state index is 4.89. The predicted molar refractivity (Wildman–Crippen MR) is 104 cm³/mol. The number of halogens is 1. The van der Waals surface area contributed by atoms with Gasteiger partial charge in [0.25, 0.3) is 0 Å². The summed E-state index contributed by atoms with van der Waals surface area (Å²) in [6.07, 6.45) is 1.63. The van der Waals surface area contributed by atoms with Crippen LogP contribution >= 0.6 is 24.0 Å². The van der Waals surface area contributed by atoms with E-state index in [1.807, 2.05) is 6.07 Å². The largest absolute Gasteiger partial charge is 0.364 e. The van der Waals surface area contributed by atoms with Crippen molar-refractivity contribution in [3.05, 3.63) is 18.0 Å². The molecule has 2 heterocycles. The van der Waals surface area contributed by atoms with Crippen LogP contribution in [0.2, 0.25) is 0 Å². The SMILES string of the molecule is CCNC(=NCC(C)(C)C)N1CCN(Cc2ccon2)CC1.I. The first kappa shape index (κ1) is 20.2. The molecule has 0 aromatic carbocycles. The normalized spacial score (nSPS) is 17.0. The number of hydrogen-bond acceptors (Lipinski definition) is 4. The maximum atomic E-state index is 4.89. The summed E-state index contributed by atoms with van der Waals surface area (Å²) < 4.78 is 4.89. The quantitative estimate of drug-likeness (QED) is 0.447. The van der Waals surface area contributed by atoms with Crippen LogP contribution in [0.1, 0.15) is 33.4 Å². The van der Waals surface area contributed by atoms with Crippen molar-refractivity contribution < 1.29 is 4.52 Å². The van der Waals surface area contributed by atoms with Gasteiger partial charge in [-0.1, -0.05) is 25.9 Å². The summed E-state index contributed by atoms with van der Waals surface area (Å²) in [5, 5.41) is 7.40. The van der Waals surface area contributed by atoms with E-state index >= 15 is 0 Å². The number of piperazine rings is 1. The lowest BCUT2D eigenvalue weighted by Crippen LogP contribution is -2.52. The molecule has 0 aliphatic carbocycles. The van der Waals surface area contributed by atoms with Gasteiger partial charge in [-0.3, -0.25) is 9.89 Å². The molecule has 1 fully saturated rings.